The fourth-order valence-electron chi connectivity index (χ4n) is 1.46. The van der Waals surface area contributed by atoms with Crippen molar-refractivity contribution in [1.29, 1.82) is 0 Å². The minimum atomic E-state index is -0.0212. The maximum atomic E-state index is 11.8. The van der Waals surface area contributed by atoms with Gasteiger partial charge in [0.05, 0.1) is 11.0 Å². The van der Waals surface area contributed by atoms with Crippen LogP contribution in [0, 0.1) is 0 Å². The summed E-state index contributed by atoms with van der Waals surface area (Å²) in [5.41, 5.74) is 1.08. The Morgan fingerprint density at radius 2 is 1.81 bits per heavy atom. The van der Waals surface area contributed by atoms with Crippen LogP contribution in [0.1, 0.15) is 5.56 Å². The summed E-state index contributed by atoms with van der Waals surface area (Å²) in [5, 5.41) is 0. The second-order valence-corrected chi connectivity index (χ2v) is 5.19. The molecule has 0 unspecified atom stereocenters. The molecule has 0 saturated carbocycles. The smallest absolute Gasteiger partial charge is 0.265 e. The third-order valence-electron chi connectivity index (χ3n) is 2.20. The molecule has 1 heterocycles. The molecule has 0 fully saturated rings. The molecule has 2 aromatic rings. The normalized spacial score (nSPS) is 10.4. The summed E-state index contributed by atoms with van der Waals surface area (Å²) in [4.78, 5) is 11.8. The van der Waals surface area contributed by atoms with Gasteiger partial charge in [0.1, 0.15) is 0 Å². The van der Waals surface area contributed by atoms with Crippen molar-refractivity contribution in [3.8, 4) is 0 Å². The molecule has 0 saturated heterocycles. The van der Waals surface area contributed by atoms with E-state index < -0.39 is 0 Å². The van der Waals surface area contributed by atoms with E-state index in [1.807, 2.05) is 30.3 Å². The molecule has 0 spiro atoms. The van der Waals surface area contributed by atoms with Gasteiger partial charge in [0.25, 0.3) is 5.56 Å². The molecule has 0 atom stereocenters. The molecular formula is C12H9Br2NO. The molecule has 0 N–H and O–H groups in total. The van der Waals surface area contributed by atoms with Crippen LogP contribution < -0.4 is 5.56 Å². The minimum absolute atomic E-state index is 0.0212. The molecule has 1 aromatic heterocycles. The van der Waals surface area contributed by atoms with Crippen molar-refractivity contribution in [3.05, 3.63) is 67.5 Å². The first-order valence-electron chi connectivity index (χ1n) is 4.76. The van der Waals surface area contributed by atoms with E-state index in [4.69, 9.17) is 0 Å². The van der Waals surface area contributed by atoms with E-state index in [0.29, 0.717) is 11.0 Å². The Bertz CT molecular complexity index is 549. The number of pyridine rings is 1. The lowest BCUT2D eigenvalue weighted by atomic mass is 10.2. The van der Waals surface area contributed by atoms with E-state index in [-0.39, 0.29) is 5.56 Å². The Hall–Kier alpha value is -0.870. The van der Waals surface area contributed by atoms with Crippen LogP contribution in [-0.4, -0.2) is 4.57 Å². The second kappa shape index (κ2) is 4.97. The minimum Gasteiger partial charge on any atom is -0.309 e. The summed E-state index contributed by atoms with van der Waals surface area (Å²) in [7, 11) is 0. The van der Waals surface area contributed by atoms with Crippen LogP contribution in [0.3, 0.4) is 0 Å². The van der Waals surface area contributed by atoms with E-state index in [2.05, 4.69) is 31.9 Å². The Labute approximate surface area is 110 Å². The summed E-state index contributed by atoms with van der Waals surface area (Å²) in [6, 6.07) is 11.6. The number of rotatable bonds is 2. The lowest BCUT2D eigenvalue weighted by Crippen LogP contribution is -2.20. The van der Waals surface area contributed by atoms with Gasteiger partial charge in [0, 0.05) is 10.7 Å². The monoisotopic (exact) mass is 341 g/mol. The fourth-order valence-corrected chi connectivity index (χ4v) is 2.72. The molecule has 4 heteroatoms. The lowest BCUT2D eigenvalue weighted by Gasteiger charge is -2.07. The van der Waals surface area contributed by atoms with Gasteiger partial charge in [-0.2, -0.15) is 0 Å². The number of aromatic nitrogens is 1. The Kier molecular flexibility index (Phi) is 3.61. The number of nitrogens with zero attached hydrogens (tertiary/aromatic N) is 1. The largest absolute Gasteiger partial charge is 0.309 e. The molecule has 0 amide bonds. The van der Waals surface area contributed by atoms with Crippen LogP contribution in [0.2, 0.25) is 0 Å². The summed E-state index contributed by atoms with van der Waals surface area (Å²) in [6.45, 7) is 0.581. The lowest BCUT2D eigenvalue weighted by molar-refractivity contribution is 0.752. The van der Waals surface area contributed by atoms with Gasteiger partial charge >= 0.3 is 0 Å². The summed E-state index contributed by atoms with van der Waals surface area (Å²) < 4.78 is 3.12. The average molecular weight is 343 g/mol. The van der Waals surface area contributed by atoms with E-state index >= 15 is 0 Å². The van der Waals surface area contributed by atoms with Gasteiger partial charge in [-0.05, 0) is 43.5 Å². The summed E-state index contributed by atoms with van der Waals surface area (Å²) in [5.74, 6) is 0. The summed E-state index contributed by atoms with van der Waals surface area (Å²) >= 11 is 6.62. The van der Waals surface area contributed by atoms with Gasteiger partial charge in [-0.3, -0.25) is 4.79 Å². The van der Waals surface area contributed by atoms with Crippen molar-refractivity contribution in [2.24, 2.45) is 0 Å². The highest BCUT2D eigenvalue weighted by atomic mass is 79.9. The van der Waals surface area contributed by atoms with Crippen molar-refractivity contribution in [2.45, 2.75) is 6.54 Å². The maximum Gasteiger partial charge on any atom is 0.265 e. The zero-order valence-corrected chi connectivity index (χ0v) is 11.5. The molecule has 0 bridgehead atoms. The fraction of sp³-hybridized carbons (Fsp3) is 0.0833. The molecule has 82 valence electrons. The van der Waals surface area contributed by atoms with Gasteiger partial charge in [0.15, 0.2) is 0 Å². The first kappa shape index (κ1) is 11.6. The van der Waals surface area contributed by atoms with Crippen LogP contribution >= 0.6 is 31.9 Å². The quantitative estimate of drug-likeness (QED) is 0.819. The van der Waals surface area contributed by atoms with Gasteiger partial charge < -0.3 is 4.57 Å². The number of halogens is 2. The van der Waals surface area contributed by atoms with Gasteiger partial charge in [0.2, 0.25) is 0 Å². The van der Waals surface area contributed by atoms with Crippen LogP contribution in [0.25, 0.3) is 0 Å². The van der Waals surface area contributed by atoms with Crippen molar-refractivity contribution >= 4 is 31.9 Å². The SMILES string of the molecule is O=c1c(Br)cc(Br)cn1Cc1ccccc1. The number of hydrogen-bond acceptors (Lipinski definition) is 1. The zero-order chi connectivity index (χ0) is 11.5. The molecule has 16 heavy (non-hydrogen) atoms. The van der Waals surface area contributed by atoms with Crippen LogP contribution in [0.4, 0.5) is 0 Å². The van der Waals surface area contributed by atoms with E-state index in [9.17, 15) is 4.79 Å². The number of hydrogen-bond donors (Lipinski definition) is 0. The zero-order valence-electron chi connectivity index (χ0n) is 8.36. The Balaban J connectivity index is 2.39. The van der Waals surface area contributed by atoms with Crippen molar-refractivity contribution in [1.82, 2.24) is 4.57 Å². The standard InChI is InChI=1S/C12H9Br2NO/c13-10-6-11(14)12(16)15(8-10)7-9-4-2-1-3-5-9/h1-6,8H,7H2. The van der Waals surface area contributed by atoms with E-state index in [1.54, 1.807) is 16.8 Å². The predicted molar refractivity (Wildman–Crippen MR) is 71.6 cm³/mol. The van der Waals surface area contributed by atoms with Crippen molar-refractivity contribution < 1.29 is 0 Å². The molecule has 1 aromatic carbocycles. The van der Waals surface area contributed by atoms with Crippen molar-refractivity contribution in [3.63, 3.8) is 0 Å². The van der Waals surface area contributed by atoms with Crippen LogP contribution in [-0.2, 0) is 6.54 Å². The Morgan fingerprint density at radius 1 is 1.12 bits per heavy atom. The highest BCUT2D eigenvalue weighted by Crippen LogP contribution is 2.13. The van der Waals surface area contributed by atoms with Gasteiger partial charge in [-0.1, -0.05) is 30.3 Å². The third-order valence-corrected chi connectivity index (χ3v) is 3.21. The average Bonchev–Trinajstić information content (AvgIpc) is 2.27. The first-order valence-corrected chi connectivity index (χ1v) is 6.35. The highest BCUT2D eigenvalue weighted by molar-refractivity contribution is 9.11. The molecule has 2 rings (SSSR count). The van der Waals surface area contributed by atoms with E-state index in [0.717, 1.165) is 10.0 Å². The maximum absolute atomic E-state index is 11.8. The molecular weight excluding hydrogens is 334 g/mol. The summed E-state index contributed by atoms with van der Waals surface area (Å²) in [6.07, 6.45) is 1.79. The molecule has 0 radical (unpaired) electrons. The predicted octanol–water partition coefficient (Wildman–Crippen LogP) is 3.42. The molecule has 0 aliphatic heterocycles. The highest BCUT2D eigenvalue weighted by Gasteiger charge is 2.03. The number of benzene rings is 1. The Morgan fingerprint density at radius 3 is 2.50 bits per heavy atom. The van der Waals surface area contributed by atoms with Crippen LogP contribution in [0.15, 0.2) is 56.3 Å². The van der Waals surface area contributed by atoms with Crippen molar-refractivity contribution in [2.75, 3.05) is 0 Å². The first-order chi connectivity index (χ1) is 7.66. The third kappa shape index (κ3) is 2.62. The van der Waals surface area contributed by atoms with E-state index in [1.165, 1.54) is 0 Å². The van der Waals surface area contributed by atoms with Gasteiger partial charge in [-0.15, -0.1) is 0 Å². The molecule has 0 aliphatic carbocycles. The van der Waals surface area contributed by atoms with Gasteiger partial charge in [-0.25, -0.2) is 0 Å². The molecule has 0 aliphatic rings. The molecule has 2 nitrogen and oxygen atoms in total. The topological polar surface area (TPSA) is 22.0 Å². The second-order valence-electron chi connectivity index (χ2n) is 3.42. The van der Waals surface area contributed by atoms with Crippen LogP contribution in [0.5, 0.6) is 0 Å².